The summed E-state index contributed by atoms with van der Waals surface area (Å²) in [5.41, 5.74) is 14.3. The van der Waals surface area contributed by atoms with E-state index in [1.165, 1.54) is 102 Å². The number of thiophene rings is 1. The van der Waals surface area contributed by atoms with Crippen molar-refractivity contribution in [2.75, 3.05) is 0 Å². The van der Waals surface area contributed by atoms with Crippen LogP contribution < -0.4 is 0 Å². The van der Waals surface area contributed by atoms with Crippen LogP contribution in [0, 0.1) is 0 Å². The van der Waals surface area contributed by atoms with Crippen LogP contribution in [0.4, 0.5) is 0 Å². The second-order valence-corrected chi connectivity index (χ2v) is 17.9. The predicted octanol–water partition coefficient (Wildman–Crippen LogP) is 17.5. The molecule has 0 N–H and O–H groups in total. The summed E-state index contributed by atoms with van der Waals surface area (Å²) < 4.78 is 2.57. The molecule has 0 spiro atoms. The van der Waals surface area contributed by atoms with E-state index in [2.05, 4.69) is 204 Å². The van der Waals surface area contributed by atoms with Gasteiger partial charge in [-0.3, -0.25) is 9.97 Å². The summed E-state index contributed by atoms with van der Waals surface area (Å²) in [6.45, 7) is 0. The van der Waals surface area contributed by atoms with Crippen LogP contribution in [0.25, 0.3) is 130 Å². The lowest BCUT2D eigenvalue weighted by Crippen LogP contribution is -1.92. The monoisotopic (exact) mass is 842 g/mol. The van der Waals surface area contributed by atoms with Gasteiger partial charge >= 0.3 is 0 Å². The molecule has 0 aliphatic carbocycles. The van der Waals surface area contributed by atoms with E-state index in [0.29, 0.717) is 0 Å². The van der Waals surface area contributed by atoms with Gasteiger partial charge in [0.15, 0.2) is 0 Å². The Hall–Kier alpha value is -8.24. The summed E-state index contributed by atoms with van der Waals surface area (Å²) in [7, 11) is 0. The Labute approximate surface area is 380 Å². The van der Waals surface area contributed by atoms with Crippen molar-refractivity contribution in [3.05, 3.63) is 231 Å². The first-order valence-electron chi connectivity index (χ1n) is 22.1. The molecule has 0 saturated carbocycles. The van der Waals surface area contributed by atoms with E-state index >= 15 is 0 Å². The fourth-order valence-corrected chi connectivity index (χ4v) is 11.6. The maximum Gasteiger partial charge on any atom is 0.0361 e. The van der Waals surface area contributed by atoms with E-state index in [-0.39, 0.29) is 0 Å². The number of nitrogens with zero attached hydrogens (tertiary/aromatic N) is 2. The molecule has 0 radical (unpaired) electrons. The molecule has 10 aromatic carbocycles. The van der Waals surface area contributed by atoms with E-state index < -0.39 is 0 Å². The normalized spacial score (nSPS) is 11.7. The van der Waals surface area contributed by atoms with Crippen molar-refractivity contribution in [2.24, 2.45) is 0 Å². The predicted molar refractivity (Wildman–Crippen MR) is 278 cm³/mol. The lowest BCUT2D eigenvalue weighted by molar-refractivity contribution is 1.32. The first-order chi connectivity index (χ1) is 32.3. The number of rotatable bonds is 6. The summed E-state index contributed by atoms with van der Waals surface area (Å²) in [6.07, 6.45) is 7.56. The first kappa shape index (κ1) is 37.3. The Bertz CT molecular complexity index is 3810. The topological polar surface area (TPSA) is 25.8 Å². The third-order valence-electron chi connectivity index (χ3n) is 13.2. The highest BCUT2D eigenvalue weighted by Crippen LogP contribution is 2.50. The number of pyridine rings is 2. The lowest BCUT2D eigenvalue weighted by atomic mass is 9.84. The highest BCUT2D eigenvalue weighted by molar-refractivity contribution is 7.26. The van der Waals surface area contributed by atoms with Gasteiger partial charge in [-0.15, -0.1) is 11.3 Å². The van der Waals surface area contributed by atoms with Crippen LogP contribution in [0.15, 0.2) is 231 Å². The van der Waals surface area contributed by atoms with Gasteiger partial charge in [0.05, 0.1) is 0 Å². The second kappa shape index (κ2) is 15.2. The van der Waals surface area contributed by atoms with E-state index in [4.69, 9.17) is 0 Å². The standard InChI is InChI=1S/C62H38N2S/c1-2-15-39(16-3-1)58-50-23-8-10-25-52(50)61(53-26-11-9-24-51(53)58)55-27-12-28-56-62(55)54-30-29-40(36-57(54)65-56)59-46-19-4-6-21-48(46)60(49-22-7-5-20-47(49)59)45-34-43(41-17-13-31-63-37-41)33-44(35-45)42-18-14-32-64-38-42/h1-38H. The highest BCUT2D eigenvalue weighted by atomic mass is 32.1. The zero-order valence-corrected chi connectivity index (χ0v) is 36.1. The third kappa shape index (κ3) is 6.08. The molecular formula is C62H38N2S. The van der Waals surface area contributed by atoms with Crippen molar-refractivity contribution >= 4 is 74.6 Å². The molecule has 13 rings (SSSR count). The number of hydrogen-bond acceptors (Lipinski definition) is 3. The molecule has 0 bridgehead atoms. The van der Waals surface area contributed by atoms with Crippen molar-refractivity contribution in [1.29, 1.82) is 0 Å². The molecule has 0 aliphatic rings. The van der Waals surface area contributed by atoms with Gasteiger partial charge in [-0.05, 0) is 141 Å². The Kier molecular flexibility index (Phi) is 8.75. The molecule has 2 nitrogen and oxygen atoms in total. The lowest BCUT2D eigenvalue weighted by Gasteiger charge is -2.19. The van der Waals surface area contributed by atoms with E-state index in [1.54, 1.807) is 0 Å². The molecular weight excluding hydrogens is 805 g/mol. The van der Waals surface area contributed by atoms with Crippen molar-refractivity contribution in [1.82, 2.24) is 9.97 Å². The van der Waals surface area contributed by atoms with E-state index in [9.17, 15) is 0 Å². The van der Waals surface area contributed by atoms with Crippen molar-refractivity contribution < 1.29 is 0 Å². The molecule has 65 heavy (non-hydrogen) atoms. The van der Waals surface area contributed by atoms with Gasteiger partial charge < -0.3 is 0 Å². The van der Waals surface area contributed by atoms with Crippen molar-refractivity contribution in [3.8, 4) is 66.8 Å². The van der Waals surface area contributed by atoms with Gasteiger partial charge in [0.1, 0.15) is 0 Å². The smallest absolute Gasteiger partial charge is 0.0361 e. The van der Waals surface area contributed by atoms with Gasteiger partial charge in [0.2, 0.25) is 0 Å². The molecule has 3 heteroatoms. The number of hydrogen-bond donors (Lipinski definition) is 0. The third-order valence-corrected chi connectivity index (χ3v) is 14.3. The molecule has 302 valence electrons. The van der Waals surface area contributed by atoms with Crippen molar-refractivity contribution in [3.63, 3.8) is 0 Å². The van der Waals surface area contributed by atoms with Crippen LogP contribution in [0.1, 0.15) is 0 Å². The fraction of sp³-hybridized carbons (Fsp3) is 0. The van der Waals surface area contributed by atoms with Gasteiger partial charge in [0, 0.05) is 56.1 Å². The average molecular weight is 843 g/mol. The van der Waals surface area contributed by atoms with E-state index in [0.717, 1.165) is 27.8 Å². The first-order valence-corrected chi connectivity index (χ1v) is 22.9. The summed E-state index contributed by atoms with van der Waals surface area (Å²) in [4.78, 5) is 8.98. The maximum atomic E-state index is 4.49. The molecule has 0 fully saturated rings. The quantitative estimate of drug-likeness (QED) is 0.156. The number of aromatic nitrogens is 2. The van der Waals surface area contributed by atoms with Crippen LogP contribution in [0.5, 0.6) is 0 Å². The molecule has 13 aromatic rings. The molecule has 0 unspecified atom stereocenters. The minimum atomic E-state index is 1.08. The fourth-order valence-electron chi connectivity index (χ4n) is 10.4. The molecule has 0 amide bonds. The minimum Gasteiger partial charge on any atom is -0.264 e. The summed E-state index contributed by atoms with van der Waals surface area (Å²) in [5, 5.41) is 12.6. The van der Waals surface area contributed by atoms with Crippen LogP contribution >= 0.6 is 11.3 Å². The summed E-state index contributed by atoms with van der Waals surface area (Å²) in [6, 6.07) is 75.9. The largest absolute Gasteiger partial charge is 0.264 e. The minimum absolute atomic E-state index is 1.08. The van der Waals surface area contributed by atoms with Gasteiger partial charge in [0.25, 0.3) is 0 Å². The molecule has 3 aromatic heterocycles. The Balaban J connectivity index is 1.03. The molecule has 3 heterocycles. The molecule has 0 aliphatic heterocycles. The highest BCUT2D eigenvalue weighted by Gasteiger charge is 2.22. The van der Waals surface area contributed by atoms with E-state index in [1.807, 2.05) is 48.3 Å². The summed E-state index contributed by atoms with van der Waals surface area (Å²) >= 11 is 1.89. The van der Waals surface area contributed by atoms with Crippen LogP contribution in [-0.2, 0) is 0 Å². The molecule has 0 atom stereocenters. The van der Waals surface area contributed by atoms with Gasteiger partial charge in [-0.1, -0.05) is 164 Å². The SMILES string of the molecule is c1ccc(-c2c3ccccc3c(-c3cccc4sc5cc(-c6c7ccccc7c(-c7cc(-c8cccnc8)cc(-c8cccnc8)c7)c7ccccc67)ccc5c34)c3ccccc23)cc1. The second-order valence-electron chi connectivity index (χ2n) is 16.8. The van der Waals surface area contributed by atoms with Crippen molar-refractivity contribution in [2.45, 2.75) is 0 Å². The van der Waals surface area contributed by atoms with Crippen LogP contribution in [0.3, 0.4) is 0 Å². The Morgan fingerprint density at radius 3 is 1.22 bits per heavy atom. The zero-order chi connectivity index (χ0) is 42.8. The zero-order valence-electron chi connectivity index (χ0n) is 35.2. The van der Waals surface area contributed by atoms with Gasteiger partial charge in [-0.25, -0.2) is 0 Å². The Morgan fingerprint density at radius 1 is 0.262 bits per heavy atom. The summed E-state index contributed by atoms with van der Waals surface area (Å²) in [5.74, 6) is 0. The maximum absolute atomic E-state index is 4.49. The van der Waals surface area contributed by atoms with Gasteiger partial charge in [-0.2, -0.15) is 0 Å². The Morgan fingerprint density at radius 2 is 0.708 bits per heavy atom. The molecule has 0 saturated heterocycles. The number of fused-ring (bicyclic) bond motifs is 7. The van der Waals surface area contributed by atoms with Crippen LogP contribution in [0.2, 0.25) is 0 Å². The van der Waals surface area contributed by atoms with Crippen LogP contribution in [-0.4, -0.2) is 9.97 Å². The number of benzene rings is 10. The average Bonchev–Trinajstić information content (AvgIpc) is 3.76.